The third-order valence-electron chi connectivity index (χ3n) is 5.49. The summed E-state index contributed by atoms with van der Waals surface area (Å²) in [6.45, 7) is 7.55. The third kappa shape index (κ3) is 4.51. The lowest BCUT2D eigenvalue weighted by atomic mass is 9.86. The molecule has 0 bridgehead atoms. The zero-order chi connectivity index (χ0) is 18.0. The molecule has 4 rings (SSSR count). The van der Waals surface area contributed by atoms with Crippen molar-refractivity contribution >= 4 is 30.7 Å². The van der Waals surface area contributed by atoms with E-state index in [4.69, 9.17) is 4.52 Å². The van der Waals surface area contributed by atoms with Crippen molar-refractivity contribution in [3.05, 3.63) is 36.0 Å². The Morgan fingerprint density at radius 1 is 1.21 bits per heavy atom. The lowest BCUT2D eigenvalue weighted by Crippen LogP contribution is -2.59. The van der Waals surface area contributed by atoms with Gasteiger partial charge in [0.1, 0.15) is 11.3 Å². The van der Waals surface area contributed by atoms with Crippen LogP contribution in [0.4, 0.5) is 0 Å². The molecule has 0 saturated carbocycles. The van der Waals surface area contributed by atoms with Crippen molar-refractivity contribution in [2.75, 3.05) is 39.3 Å². The van der Waals surface area contributed by atoms with Crippen molar-refractivity contribution in [2.45, 2.75) is 31.8 Å². The number of nitrogens with zero attached hydrogens (tertiary/aromatic N) is 5. The van der Waals surface area contributed by atoms with Crippen LogP contribution in [0.1, 0.15) is 24.3 Å². The molecule has 0 spiro atoms. The Bertz CT molecular complexity index is 737. The Morgan fingerprint density at radius 3 is 2.50 bits per heavy atom. The number of amides is 1. The summed E-state index contributed by atoms with van der Waals surface area (Å²) in [5.74, 6) is 1.04. The fourth-order valence-corrected chi connectivity index (χ4v) is 4.03. The van der Waals surface area contributed by atoms with Crippen molar-refractivity contribution in [2.24, 2.45) is 0 Å². The van der Waals surface area contributed by atoms with Crippen LogP contribution in [0.15, 0.2) is 29.0 Å². The Morgan fingerprint density at radius 2 is 1.93 bits per heavy atom. The van der Waals surface area contributed by atoms with E-state index in [0.717, 1.165) is 70.1 Å². The highest BCUT2D eigenvalue weighted by Crippen LogP contribution is 2.30. The largest absolute Gasteiger partial charge is 0.361 e. The molecule has 156 valence electrons. The standard InChI is InChI=1S/C18H26N6O2.2ClH/c1-15-13-16(21-26-15)14-22-9-11-23(12-10-22)17(25)18(3-6-19-7-4-18)24-8-2-5-20-24;;/h2,5,8,13,19H,3-4,6-7,9-12,14H2,1H3;2*1H. The fourth-order valence-electron chi connectivity index (χ4n) is 4.03. The number of piperidine rings is 1. The van der Waals surface area contributed by atoms with Gasteiger partial charge in [-0.25, -0.2) is 0 Å². The van der Waals surface area contributed by atoms with Gasteiger partial charge in [-0.1, -0.05) is 5.16 Å². The molecule has 2 aliphatic rings. The van der Waals surface area contributed by atoms with Gasteiger partial charge >= 0.3 is 0 Å². The van der Waals surface area contributed by atoms with E-state index in [9.17, 15) is 4.79 Å². The summed E-state index contributed by atoms with van der Waals surface area (Å²) in [6.07, 6.45) is 5.25. The highest BCUT2D eigenvalue weighted by atomic mass is 35.5. The Labute approximate surface area is 177 Å². The lowest BCUT2D eigenvalue weighted by molar-refractivity contribution is -0.145. The number of rotatable bonds is 4. The van der Waals surface area contributed by atoms with E-state index in [-0.39, 0.29) is 30.7 Å². The maximum Gasteiger partial charge on any atom is 0.250 e. The second kappa shape index (κ2) is 9.73. The van der Waals surface area contributed by atoms with Crippen LogP contribution in [-0.4, -0.2) is 69.9 Å². The van der Waals surface area contributed by atoms with Crippen molar-refractivity contribution in [1.82, 2.24) is 30.1 Å². The highest BCUT2D eigenvalue weighted by molar-refractivity contribution is 5.86. The molecular weight excluding hydrogens is 403 g/mol. The number of aryl methyl sites for hydroxylation is 1. The molecule has 10 heteroatoms. The molecule has 0 unspecified atom stereocenters. The smallest absolute Gasteiger partial charge is 0.250 e. The minimum Gasteiger partial charge on any atom is -0.361 e. The summed E-state index contributed by atoms with van der Waals surface area (Å²) >= 11 is 0. The molecule has 2 aromatic heterocycles. The summed E-state index contributed by atoms with van der Waals surface area (Å²) in [6, 6.07) is 3.87. The first-order valence-corrected chi connectivity index (χ1v) is 9.32. The third-order valence-corrected chi connectivity index (χ3v) is 5.49. The molecule has 28 heavy (non-hydrogen) atoms. The molecule has 4 heterocycles. The predicted molar refractivity (Wildman–Crippen MR) is 110 cm³/mol. The van der Waals surface area contributed by atoms with Gasteiger partial charge in [-0.15, -0.1) is 24.8 Å². The molecular formula is C18H28Cl2N6O2. The zero-order valence-electron chi connectivity index (χ0n) is 16.0. The predicted octanol–water partition coefficient (Wildman–Crippen LogP) is 1.45. The molecule has 2 aromatic rings. The summed E-state index contributed by atoms with van der Waals surface area (Å²) < 4.78 is 7.02. The molecule has 2 aliphatic heterocycles. The Kier molecular flexibility index (Phi) is 7.88. The van der Waals surface area contributed by atoms with E-state index < -0.39 is 5.54 Å². The van der Waals surface area contributed by atoms with Gasteiger partial charge in [-0.2, -0.15) is 5.10 Å². The zero-order valence-corrected chi connectivity index (χ0v) is 17.7. The molecule has 0 aliphatic carbocycles. The van der Waals surface area contributed by atoms with Gasteiger partial charge in [0.15, 0.2) is 0 Å². The van der Waals surface area contributed by atoms with Crippen LogP contribution < -0.4 is 5.32 Å². The van der Waals surface area contributed by atoms with Crippen LogP contribution in [0.2, 0.25) is 0 Å². The van der Waals surface area contributed by atoms with Crippen LogP contribution in [0.3, 0.4) is 0 Å². The molecule has 0 radical (unpaired) electrons. The van der Waals surface area contributed by atoms with Crippen molar-refractivity contribution in [3.8, 4) is 0 Å². The van der Waals surface area contributed by atoms with Gasteiger partial charge < -0.3 is 14.7 Å². The monoisotopic (exact) mass is 430 g/mol. The van der Waals surface area contributed by atoms with Crippen molar-refractivity contribution in [1.29, 1.82) is 0 Å². The summed E-state index contributed by atoms with van der Waals surface area (Å²) in [4.78, 5) is 17.8. The van der Waals surface area contributed by atoms with Crippen LogP contribution in [-0.2, 0) is 16.9 Å². The van der Waals surface area contributed by atoms with Crippen LogP contribution in [0.5, 0.6) is 0 Å². The summed E-state index contributed by atoms with van der Waals surface area (Å²) in [7, 11) is 0. The summed E-state index contributed by atoms with van der Waals surface area (Å²) in [5, 5.41) is 11.8. The van der Waals surface area contributed by atoms with E-state index in [1.807, 2.05) is 34.8 Å². The highest BCUT2D eigenvalue weighted by Gasteiger charge is 2.44. The van der Waals surface area contributed by atoms with Gasteiger partial charge in [-0.3, -0.25) is 14.4 Å². The van der Waals surface area contributed by atoms with Gasteiger partial charge in [-0.05, 0) is 38.9 Å². The molecule has 2 saturated heterocycles. The first kappa shape index (κ1) is 22.7. The average Bonchev–Trinajstić information content (AvgIpc) is 3.35. The van der Waals surface area contributed by atoms with Gasteiger partial charge in [0.25, 0.3) is 5.91 Å². The molecule has 0 atom stereocenters. The number of aromatic nitrogens is 3. The SMILES string of the molecule is Cc1cc(CN2CCN(C(=O)C3(n4cccn4)CCNCC3)CC2)no1.Cl.Cl. The van der Waals surface area contributed by atoms with Crippen LogP contribution in [0.25, 0.3) is 0 Å². The molecule has 8 nitrogen and oxygen atoms in total. The molecule has 0 aromatic carbocycles. The average molecular weight is 431 g/mol. The van der Waals surface area contributed by atoms with E-state index in [1.54, 1.807) is 6.20 Å². The van der Waals surface area contributed by atoms with E-state index >= 15 is 0 Å². The summed E-state index contributed by atoms with van der Waals surface area (Å²) in [5.41, 5.74) is 0.411. The quantitative estimate of drug-likeness (QED) is 0.790. The number of carbonyl (C=O) groups excluding carboxylic acids is 1. The maximum atomic E-state index is 13.4. The molecule has 1 amide bonds. The fraction of sp³-hybridized carbons (Fsp3) is 0.611. The lowest BCUT2D eigenvalue weighted by Gasteiger charge is -2.43. The van der Waals surface area contributed by atoms with Crippen LogP contribution >= 0.6 is 24.8 Å². The second-order valence-electron chi connectivity index (χ2n) is 7.23. The van der Waals surface area contributed by atoms with Gasteiger partial charge in [0.2, 0.25) is 0 Å². The number of hydrogen-bond donors (Lipinski definition) is 1. The molecule has 1 N–H and O–H groups in total. The van der Waals surface area contributed by atoms with Gasteiger partial charge in [0.05, 0.1) is 5.69 Å². The number of halogens is 2. The first-order chi connectivity index (χ1) is 12.7. The normalized spacial score (nSPS) is 19.5. The Hall–Kier alpha value is -1.61. The number of carbonyl (C=O) groups is 1. The minimum absolute atomic E-state index is 0. The maximum absolute atomic E-state index is 13.4. The van der Waals surface area contributed by atoms with Gasteiger partial charge in [0, 0.05) is 51.2 Å². The van der Waals surface area contributed by atoms with E-state index in [0.29, 0.717) is 0 Å². The molecule has 2 fully saturated rings. The minimum atomic E-state index is -0.542. The van der Waals surface area contributed by atoms with E-state index in [1.165, 1.54) is 0 Å². The van der Waals surface area contributed by atoms with Crippen LogP contribution in [0, 0.1) is 6.92 Å². The number of hydrogen-bond acceptors (Lipinski definition) is 6. The first-order valence-electron chi connectivity index (χ1n) is 9.32. The number of nitrogens with one attached hydrogen (secondary N) is 1. The van der Waals surface area contributed by atoms with Crippen molar-refractivity contribution in [3.63, 3.8) is 0 Å². The van der Waals surface area contributed by atoms with E-state index in [2.05, 4.69) is 20.5 Å². The Balaban J connectivity index is 0.00000140. The topological polar surface area (TPSA) is 79.4 Å². The number of piperazine rings is 1. The van der Waals surface area contributed by atoms with Crippen molar-refractivity contribution < 1.29 is 9.32 Å². The second-order valence-corrected chi connectivity index (χ2v) is 7.23.